The van der Waals surface area contributed by atoms with Crippen LogP contribution >= 0.6 is 0 Å². The van der Waals surface area contributed by atoms with Gasteiger partial charge in [0.15, 0.2) is 11.5 Å². The fraction of sp³-hybridized carbons (Fsp3) is 0.291. The van der Waals surface area contributed by atoms with Gasteiger partial charge in [-0.25, -0.2) is 28.9 Å². The van der Waals surface area contributed by atoms with Gasteiger partial charge >= 0.3 is 18.1 Å². The van der Waals surface area contributed by atoms with Crippen LogP contribution in [0.25, 0.3) is 34.0 Å². The van der Waals surface area contributed by atoms with Gasteiger partial charge < -0.3 is 50.2 Å². The number of benzene rings is 4. The summed E-state index contributed by atoms with van der Waals surface area (Å²) in [5.74, 6) is -2.59. The lowest BCUT2D eigenvalue weighted by atomic mass is 10.1. The van der Waals surface area contributed by atoms with E-state index in [4.69, 9.17) is 40.4 Å². The first-order chi connectivity index (χ1) is 39.0. The van der Waals surface area contributed by atoms with Crippen LogP contribution in [0.2, 0.25) is 0 Å². The number of ether oxygens (including phenoxy) is 2. The minimum Gasteiger partial charge on any atom is -0.478 e. The van der Waals surface area contributed by atoms with E-state index in [1.807, 2.05) is 105 Å². The van der Waals surface area contributed by atoms with Gasteiger partial charge in [-0.2, -0.15) is 23.4 Å². The number of alkyl halides is 4. The van der Waals surface area contributed by atoms with Gasteiger partial charge in [-0.15, -0.1) is 0 Å². The highest BCUT2D eigenvalue weighted by molar-refractivity contribution is 5.95. The highest BCUT2D eigenvalue weighted by Crippen LogP contribution is 2.29. The Hall–Kier alpha value is -8.75. The van der Waals surface area contributed by atoms with E-state index < -0.39 is 25.3 Å². The molecule has 10 rings (SSSR count). The van der Waals surface area contributed by atoms with E-state index in [1.165, 1.54) is 0 Å². The third kappa shape index (κ3) is 18.4. The largest absolute Gasteiger partial charge is 0.490 e. The molecule has 0 aliphatic carbocycles. The highest BCUT2D eigenvalue weighted by Gasteiger charge is 2.38. The number of aryl methyl sites for hydroxylation is 2. The van der Waals surface area contributed by atoms with E-state index in [-0.39, 0.29) is 11.5 Å². The van der Waals surface area contributed by atoms with Crippen LogP contribution < -0.4 is 21.7 Å². The number of anilines is 4. The Labute approximate surface area is 459 Å². The predicted octanol–water partition coefficient (Wildman–Crippen LogP) is 8.42. The third-order valence-electron chi connectivity index (χ3n) is 11.9. The summed E-state index contributed by atoms with van der Waals surface area (Å²) in [5, 5.41) is 33.9. The first kappa shape index (κ1) is 58.9. The number of oxazole rings is 2. The van der Waals surface area contributed by atoms with Gasteiger partial charge in [0.05, 0.1) is 64.3 Å². The first-order valence-corrected chi connectivity index (χ1v) is 24.9. The molecule has 424 valence electrons. The monoisotopic (exact) mass is 1110 g/mol. The Morgan fingerprint density at radius 2 is 1.10 bits per heavy atom. The molecule has 2 saturated heterocycles. The van der Waals surface area contributed by atoms with E-state index in [0.29, 0.717) is 41.3 Å². The average Bonchev–Trinajstić information content (AvgIpc) is 4.46. The topological polar surface area (TPSA) is 266 Å². The number of carboxylic acid groups (broad SMARTS) is 2. The quantitative estimate of drug-likeness (QED) is 0.0526. The summed E-state index contributed by atoms with van der Waals surface area (Å²) in [4.78, 5) is 45.9. The maximum atomic E-state index is 12.7. The van der Waals surface area contributed by atoms with Crippen molar-refractivity contribution >= 4 is 41.2 Å². The summed E-state index contributed by atoms with van der Waals surface area (Å²) in [6.07, 6.45) is 5.47. The van der Waals surface area contributed by atoms with Gasteiger partial charge in [-0.05, 0) is 110 Å². The number of hydrogen-bond acceptors (Lipinski definition) is 16. The zero-order valence-electron chi connectivity index (χ0n) is 44.8. The molecule has 0 unspecified atom stereocenters. The molecule has 0 atom stereocenters. The Kier molecular flexibility index (Phi) is 22.4. The second-order valence-corrected chi connectivity index (χ2v) is 17.4. The number of nitrogens with two attached hydrogens (primary N) is 1. The number of aromatic carboxylic acids is 1. The molecule has 4 aromatic carbocycles. The number of amides is 1. The summed E-state index contributed by atoms with van der Waals surface area (Å²) in [7, 11) is -1.00. The SMILES string of the molecule is Cc1ccc(C(=O)NCCN2CCOCC2)cc1Nc1ncc(-c2ccc(-n3cccn3)cc2)o1.Cc1ccc(C(=O)O)cc1Nc1ncc(-c2ccc(-n3cccn3)cc2)o1.NCCN1CCOCC1.O=C(O)C(F)(F)F.[2H]CF. The molecule has 6 heterocycles. The lowest BCUT2D eigenvalue weighted by Gasteiger charge is -2.26. The molecule has 0 spiro atoms. The van der Waals surface area contributed by atoms with Crippen molar-refractivity contribution in [2.75, 3.05) is 96.6 Å². The zero-order valence-corrected chi connectivity index (χ0v) is 43.8. The van der Waals surface area contributed by atoms with Crippen molar-refractivity contribution in [2.45, 2.75) is 20.0 Å². The Balaban J connectivity index is 0.000000201. The summed E-state index contributed by atoms with van der Waals surface area (Å²) in [6.45, 7) is 14.2. The van der Waals surface area contributed by atoms with E-state index in [9.17, 15) is 27.2 Å². The number of carbonyl (C=O) groups excluding carboxylic acids is 1. The third-order valence-corrected chi connectivity index (χ3v) is 11.9. The smallest absolute Gasteiger partial charge is 0.478 e. The van der Waals surface area contributed by atoms with Crippen LogP contribution in [0.5, 0.6) is 0 Å². The molecule has 8 aromatic rings. The molecule has 0 radical (unpaired) electrons. The molecular formula is C55H62F4N12O9. The fourth-order valence-electron chi connectivity index (χ4n) is 7.61. The van der Waals surface area contributed by atoms with Gasteiger partial charge in [0.2, 0.25) is 0 Å². The van der Waals surface area contributed by atoms with Crippen LogP contribution in [0.3, 0.4) is 0 Å². The number of nitrogens with zero attached hydrogens (tertiary/aromatic N) is 8. The normalized spacial score (nSPS) is 13.5. The van der Waals surface area contributed by atoms with E-state index in [2.05, 4.69) is 45.9 Å². The molecular weight excluding hydrogens is 1050 g/mol. The van der Waals surface area contributed by atoms with Gasteiger partial charge in [-0.3, -0.25) is 19.0 Å². The van der Waals surface area contributed by atoms with Gasteiger partial charge in [0.1, 0.15) is 0 Å². The number of aliphatic carboxylic acids is 1. The van der Waals surface area contributed by atoms with Crippen molar-refractivity contribution in [1.29, 1.82) is 0 Å². The number of nitrogens with one attached hydrogen (secondary N) is 3. The zero-order chi connectivity index (χ0) is 58.2. The van der Waals surface area contributed by atoms with Gasteiger partial charge in [-0.1, -0.05) is 12.1 Å². The van der Waals surface area contributed by atoms with Crippen LogP contribution in [0, 0.1) is 13.8 Å². The summed E-state index contributed by atoms with van der Waals surface area (Å²) >= 11 is 0. The van der Waals surface area contributed by atoms with Crippen molar-refractivity contribution in [2.24, 2.45) is 5.73 Å². The Morgan fingerprint density at radius 3 is 1.50 bits per heavy atom. The number of carboxylic acids is 2. The van der Waals surface area contributed by atoms with Crippen molar-refractivity contribution in [1.82, 2.24) is 44.6 Å². The molecule has 2 fully saturated rings. The van der Waals surface area contributed by atoms with Crippen molar-refractivity contribution in [3.05, 3.63) is 156 Å². The molecule has 2 aliphatic rings. The van der Waals surface area contributed by atoms with Crippen LogP contribution in [0.4, 0.5) is 41.0 Å². The first-order valence-electron chi connectivity index (χ1n) is 25.6. The molecule has 80 heavy (non-hydrogen) atoms. The van der Waals surface area contributed by atoms with Crippen molar-refractivity contribution in [3.8, 4) is 34.0 Å². The van der Waals surface area contributed by atoms with E-state index in [1.54, 1.807) is 52.4 Å². The molecule has 4 aromatic heterocycles. The van der Waals surface area contributed by atoms with Crippen LogP contribution in [-0.2, 0) is 14.3 Å². The predicted molar refractivity (Wildman–Crippen MR) is 291 cm³/mol. The number of morpholine rings is 2. The lowest BCUT2D eigenvalue weighted by Crippen LogP contribution is -2.41. The summed E-state index contributed by atoms with van der Waals surface area (Å²) in [5.41, 5.74) is 13.1. The molecule has 21 nitrogen and oxygen atoms in total. The number of aromatic nitrogens is 6. The van der Waals surface area contributed by atoms with Gasteiger partial charge in [0, 0.05) is 105 Å². The summed E-state index contributed by atoms with van der Waals surface area (Å²) < 4.78 is 73.0. The van der Waals surface area contributed by atoms with Crippen molar-refractivity contribution in [3.63, 3.8) is 0 Å². The second-order valence-electron chi connectivity index (χ2n) is 17.4. The Morgan fingerprint density at radius 1 is 0.675 bits per heavy atom. The molecule has 0 bridgehead atoms. The number of hydrogen-bond donors (Lipinski definition) is 6. The number of halogens is 4. The summed E-state index contributed by atoms with van der Waals surface area (Å²) in [6, 6.07) is 30.5. The van der Waals surface area contributed by atoms with Crippen molar-refractivity contribution < 1.29 is 61.8 Å². The molecule has 1 amide bonds. The Bertz CT molecular complexity index is 3170. The maximum absolute atomic E-state index is 12.7. The van der Waals surface area contributed by atoms with E-state index in [0.717, 1.165) is 112 Å². The molecule has 0 saturated carbocycles. The standard InChI is InChI=1S/C26H28N6O3.C20H16N4O3.C6H14N2O.C2HF3O2.CH3F/c1-19-3-4-21(25(33)27-10-12-31-13-15-34-16-14-31)17-23(19)30-26-28-18-24(35-26)20-5-7-22(8-6-20)32-11-2-9-29-32;1-13-3-4-15(19(25)26)11-17(13)23-20-21-12-18(27-20)14-5-7-16(8-6-14)24-10-2-9-22-24;7-1-2-8-3-5-9-6-4-8;3-2(4,5)1(6)7;1-2/h2-9,11,17-18H,10,12-16H2,1H3,(H,27,33)(H,28,30);2-12H,1H3,(H,21,23)(H,25,26);1-7H2;(H,6,7);1H3/i;;;;1D. The van der Waals surface area contributed by atoms with E-state index >= 15 is 0 Å². The minimum atomic E-state index is -5.08. The second kappa shape index (κ2) is 30.4. The number of carbonyl (C=O) groups is 3. The minimum absolute atomic E-state index is 0.105. The van der Waals surface area contributed by atoms with Gasteiger partial charge in [0.25, 0.3) is 17.9 Å². The van der Waals surface area contributed by atoms with Crippen LogP contribution in [0.15, 0.2) is 143 Å². The molecule has 2 aliphatic heterocycles. The van der Waals surface area contributed by atoms with Crippen LogP contribution in [0.1, 0.15) is 33.2 Å². The van der Waals surface area contributed by atoms with Crippen LogP contribution in [-0.4, -0.2) is 160 Å². The molecule has 25 heteroatoms. The highest BCUT2D eigenvalue weighted by atomic mass is 19.4. The lowest BCUT2D eigenvalue weighted by molar-refractivity contribution is -0.192. The fourth-order valence-corrected chi connectivity index (χ4v) is 7.61. The maximum Gasteiger partial charge on any atom is 0.490 e. The number of rotatable bonds is 15. The average molecular weight is 1110 g/mol. The molecule has 7 N–H and O–H groups in total.